The van der Waals surface area contributed by atoms with Crippen LogP contribution in [0.25, 0.3) is 11.3 Å². The minimum absolute atomic E-state index is 0.0682. The zero-order valence-electron chi connectivity index (χ0n) is 21.7. The Bertz CT molecular complexity index is 1340. The van der Waals surface area contributed by atoms with Gasteiger partial charge in [0.05, 0.1) is 23.3 Å². The van der Waals surface area contributed by atoms with Gasteiger partial charge in [-0.3, -0.25) is 14.3 Å². The molecule has 3 aromatic rings. The predicted molar refractivity (Wildman–Crippen MR) is 140 cm³/mol. The second-order valence-corrected chi connectivity index (χ2v) is 10.2. The first-order valence-corrected chi connectivity index (χ1v) is 13.2. The summed E-state index contributed by atoms with van der Waals surface area (Å²) in [6.07, 6.45) is 7.21. The highest BCUT2D eigenvalue weighted by atomic mass is 16.5. The maximum atomic E-state index is 13.6. The molecule has 2 aliphatic rings. The van der Waals surface area contributed by atoms with E-state index in [4.69, 9.17) is 4.74 Å². The minimum Gasteiger partial charge on any atom is -0.476 e. The third-order valence-corrected chi connectivity index (χ3v) is 7.59. The van der Waals surface area contributed by atoms with Crippen molar-refractivity contribution in [2.75, 3.05) is 11.9 Å². The highest BCUT2D eigenvalue weighted by Crippen LogP contribution is 2.35. The number of carbonyl (C=O) groups is 3. The zero-order chi connectivity index (χ0) is 26.8. The van der Waals surface area contributed by atoms with Crippen LogP contribution < -0.4 is 5.32 Å². The van der Waals surface area contributed by atoms with E-state index in [0.29, 0.717) is 18.4 Å². The van der Waals surface area contributed by atoms with Crippen molar-refractivity contribution in [3.63, 3.8) is 0 Å². The highest BCUT2D eigenvalue weighted by Gasteiger charge is 2.37. The second kappa shape index (κ2) is 10.9. The molecule has 38 heavy (non-hydrogen) atoms. The van der Waals surface area contributed by atoms with Gasteiger partial charge in [-0.05, 0) is 50.7 Å². The van der Waals surface area contributed by atoms with Crippen LogP contribution >= 0.6 is 0 Å². The van der Waals surface area contributed by atoms with Gasteiger partial charge in [-0.25, -0.2) is 9.48 Å². The summed E-state index contributed by atoms with van der Waals surface area (Å²) in [5, 5.41) is 20.8. The van der Waals surface area contributed by atoms with Crippen LogP contribution in [0.1, 0.15) is 77.7 Å². The molecule has 2 fully saturated rings. The van der Waals surface area contributed by atoms with Crippen molar-refractivity contribution in [2.45, 2.75) is 58.1 Å². The summed E-state index contributed by atoms with van der Waals surface area (Å²) in [7, 11) is 1.51. The van der Waals surface area contributed by atoms with Gasteiger partial charge < -0.3 is 15.2 Å². The number of rotatable bonds is 7. The van der Waals surface area contributed by atoms with Gasteiger partial charge in [0.1, 0.15) is 0 Å². The molecule has 0 spiro atoms. The number of nitrogens with zero attached hydrogens (tertiary/aromatic N) is 4. The molecule has 1 saturated heterocycles. The molecule has 2 N–H and O–H groups in total. The molecule has 1 aliphatic carbocycles. The van der Waals surface area contributed by atoms with Crippen LogP contribution in [0.3, 0.4) is 0 Å². The molecule has 5 rings (SSSR count). The van der Waals surface area contributed by atoms with E-state index in [1.807, 2.05) is 41.9 Å². The molecule has 2 aromatic heterocycles. The Balaban J connectivity index is 1.34. The maximum Gasteiger partial charge on any atom is 0.356 e. The van der Waals surface area contributed by atoms with Crippen LogP contribution in [0.2, 0.25) is 0 Å². The maximum absolute atomic E-state index is 13.6. The predicted octanol–water partition coefficient (Wildman–Crippen LogP) is 4.62. The lowest BCUT2D eigenvalue weighted by Crippen LogP contribution is -2.36. The van der Waals surface area contributed by atoms with Crippen LogP contribution in [-0.4, -0.2) is 48.9 Å². The average molecular weight is 520 g/mol. The van der Waals surface area contributed by atoms with Crippen molar-refractivity contribution in [3.8, 4) is 11.3 Å². The number of aryl methyl sites for hydroxylation is 2. The number of ketones is 1. The first kappa shape index (κ1) is 25.8. The van der Waals surface area contributed by atoms with Crippen LogP contribution in [0.5, 0.6) is 0 Å². The molecule has 1 unspecified atom stereocenters. The number of carboxylic acid groups (broad SMARTS) is 1. The Morgan fingerprint density at radius 1 is 1.03 bits per heavy atom. The Morgan fingerprint density at radius 3 is 2.42 bits per heavy atom. The lowest BCUT2D eigenvalue weighted by Gasteiger charge is -2.29. The van der Waals surface area contributed by atoms with Gasteiger partial charge in [0.2, 0.25) is 5.91 Å². The number of aromatic carboxylic acids is 1. The van der Waals surface area contributed by atoms with Gasteiger partial charge in [0, 0.05) is 31.1 Å². The van der Waals surface area contributed by atoms with Crippen molar-refractivity contribution < 1.29 is 24.2 Å². The topological polar surface area (TPSA) is 128 Å². The summed E-state index contributed by atoms with van der Waals surface area (Å²) in [5.74, 6) is -2.60. The number of anilines is 1. The monoisotopic (exact) mass is 519 g/mol. The molecule has 10 heteroatoms. The standard InChI is InChI=1S/C28H33N5O5/c1-17-15-23(33(31-17)24-9-5-6-14-38-24)18-10-12-19(13-11-18)26(34)20-7-3-4-8-21(20)27(35)30-22-16-29-32(2)25(22)28(36)37/h10-13,15-16,20-21,24H,3-9,14H2,1-2H3,(H,30,35)(H,36,37)/t20-,21-,24?/m1/s1. The Labute approximate surface area is 221 Å². The third-order valence-electron chi connectivity index (χ3n) is 7.59. The first-order chi connectivity index (χ1) is 18.3. The molecule has 3 heterocycles. The lowest BCUT2D eigenvalue weighted by atomic mass is 9.75. The lowest BCUT2D eigenvalue weighted by molar-refractivity contribution is -0.122. The molecule has 1 aromatic carbocycles. The summed E-state index contributed by atoms with van der Waals surface area (Å²) >= 11 is 0. The smallest absolute Gasteiger partial charge is 0.356 e. The average Bonchev–Trinajstić information content (AvgIpc) is 3.50. The van der Waals surface area contributed by atoms with Crippen molar-refractivity contribution in [3.05, 3.63) is 53.5 Å². The Hall–Kier alpha value is -3.79. The molecule has 10 nitrogen and oxygen atoms in total. The Kier molecular flexibility index (Phi) is 7.42. The fourth-order valence-corrected chi connectivity index (χ4v) is 5.65. The number of Topliss-reactive ketones (excluding diaryl/α,β-unsaturated/α-hetero) is 1. The first-order valence-electron chi connectivity index (χ1n) is 13.2. The molecule has 1 aliphatic heterocycles. The van der Waals surface area contributed by atoms with E-state index in [9.17, 15) is 19.5 Å². The van der Waals surface area contributed by atoms with E-state index in [0.717, 1.165) is 55.7 Å². The summed E-state index contributed by atoms with van der Waals surface area (Å²) in [4.78, 5) is 38.4. The second-order valence-electron chi connectivity index (χ2n) is 10.2. The van der Waals surface area contributed by atoms with Crippen LogP contribution in [0.4, 0.5) is 5.69 Å². The molecule has 1 saturated carbocycles. The Morgan fingerprint density at radius 2 is 1.74 bits per heavy atom. The third kappa shape index (κ3) is 5.13. The largest absolute Gasteiger partial charge is 0.476 e. The number of ether oxygens (including phenoxy) is 1. The molecule has 1 amide bonds. The van der Waals surface area contributed by atoms with E-state index in [2.05, 4.69) is 15.5 Å². The van der Waals surface area contributed by atoms with Crippen molar-refractivity contribution in [1.82, 2.24) is 19.6 Å². The van der Waals surface area contributed by atoms with Gasteiger partial charge in [0.15, 0.2) is 17.7 Å². The van der Waals surface area contributed by atoms with Gasteiger partial charge in [-0.1, -0.05) is 37.1 Å². The number of hydrogen-bond donors (Lipinski definition) is 2. The summed E-state index contributed by atoms with van der Waals surface area (Å²) < 4.78 is 9.10. The molecule has 3 atom stereocenters. The molecule has 0 bridgehead atoms. The van der Waals surface area contributed by atoms with Crippen molar-refractivity contribution >= 4 is 23.3 Å². The molecule has 200 valence electrons. The SMILES string of the molecule is Cc1cc(-c2ccc(C(=O)[C@@H]3CCCC[C@H]3C(=O)Nc3cnn(C)c3C(=O)O)cc2)n(C2CCCCO2)n1. The van der Waals surface area contributed by atoms with Crippen LogP contribution in [0.15, 0.2) is 36.5 Å². The zero-order valence-corrected chi connectivity index (χ0v) is 21.7. The van der Waals surface area contributed by atoms with E-state index in [1.165, 1.54) is 17.9 Å². The molecular formula is C28H33N5O5. The number of aromatic nitrogens is 4. The van der Waals surface area contributed by atoms with Crippen LogP contribution in [0, 0.1) is 18.8 Å². The molecular weight excluding hydrogens is 486 g/mol. The van der Waals surface area contributed by atoms with Crippen LogP contribution in [-0.2, 0) is 16.6 Å². The van der Waals surface area contributed by atoms with Gasteiger partial charge in [-0.15, -0.1) is 0 Å². The number of benzene rings is 1. The fraction of sp³-hybridized carbons (Fsp3) is 0.464. The number of carbonyl (C=O) groups excluding carboxylic acids is 2. The summed E-state index contributed by atoms with van der Waals surface area (Å²) in [6, 6.07) is 9.52. The van der Waals surface area contributed by atoms with Gasteiger partial charge in [-0.2, -0.15) is 10.2 Å². The highest BCUT2D eigenvalue weighted by molar-refractivity contribution is 6.04. The van der Waals surface area contributed by atoms with E-state index >= 15 is 0 Å². The number of amides is 1. The van der Waals surface area contributed by atoms with Gasteiger partial charge >= 0.3 is 5.97 Å². The normalized spacial score (nSPS) is 21.7. The van der Waals surface area contributed by atoms with E-state index in [-0.39, 0.29) is 29.3 Å². The molecule has 0 radical (unpaired) electrons. The summed E-state index contributed by atoms with van der Waals surface area (Å²) in [6.45, 7) is 2.69. The summed E-state index contributed by atoms with van der Waals surface area (Å²) in [5.41, 5.74) is 3.41. The number of hydrogen-bond acceptors (Lipinski definition) is 6. The minimum atomic E-state index is -1.18. The van der Waals surface area contributed by atoms with Gasteiger partial charge in [0.25, 0.3) is 0 Å². The van der Waals surface area contributed by atoms with Crippen molar-refractivity contribution in [2.24, 2.45) is 18.9 Å². The van der Waals surface area contributed by atoms with E-state index < -0.39 is 17.8 Å². The number of carboxylic acids is 1. The van der Waals surface area contributed by atoms with E-state index in [1.54, 1.807) is 0 Å². The number of nitrogens with one attached hydrogen (secondary N) is 1. The van der Waals surface area contributed by atoms with Crippen molar-refractivity contribution in [1.29, 1.82) is 0 Å². The fourth-order valence-electron chi connectivity index (χ4n) is 5.65. The quantitative estimate of drug-likeness (QED) is 0.436.